The topological polar surface area (TPSA) is 198 Å². The van der Waals surface area contributed by atoms with Crippen molar-refractivity contribution >= 4 is 17.9 Å². The number of rotatable bonds is 3. The molecule has 0 heterocycles. The van der Waals surface area contributed by atoms with Crippen LogP contribution < -0.4 is 32.5 Å². The standard InChI is InChI=1S/3C3H7NO2.Sc/c3*1-2(4)3(5)6;/h3*2H,4H2,1H3,(H,5,6);/q;;;+3/p-3/t3*2-;/m000./s1. The van der Waals surface area contributed by atoms with Crippen LogP contribution in [0.15, 0.2) is 0 Å². The minimum atomic E-state index is -1.21. The minimum Gasteiger partial charge on any atom is -0.548 e. The van der Waals surface area contributed by atoms with E-state index >= 15 is 0 Å². The van der Waals surface area contributed by atoms with Gasteiger partial charge in [0.15, 0.2) is 0 Å². The molecule has 0 rings (SSSR count). The molecular weight excluding hydrogens is 291 g/mol. The van der Waals surface area contributed by atoms with E-state index in [2.05, 4.69) is 0 Å². The molecule has 0 fully saturated rings. The molecule has 0 saturated heterocycles. The summed E-state index contributed by atoms with van der Waals surface area (Å²) in [5, 5.41) is 28.4. The molecule has 0 aromatic carbocycles. The quantitative estimate of drug-likeness (QED) is 0.454. The number of hydrogen-bond donors (Lipinski definition) is 3. The predicted octanol–water partition coefficient (Wildman–Crippen LogP) is -5.75. The fourth-order valence-electron chi connectivity index (χ4n) is 0. The van der Waals surface area contributed by atoms with Gasteiger partial charge in [-0.05, 0) is 20.8 Å². The number of carbonyl (C=O) groups is 3. The van der Waals surface area contributed by atoms with Crippen LogP contribution in [0.5, 0.6) is 0 Å². The fraction of sp³-hybridized carbons (Fsp3) is 0.667. The van der Waals surface area contributed by atoms with Crippen molar-refractivity contribution in [2.75, 3.05) is 0 Å². The monoisotopic (exact) mass is 309 g/mol. The molecule has 0 aliphatic carbocycles. The van der Waals surface area contributed by atoms with E-state index < -0.39 is 36.0 Å². The smallest absolute Gasteiger partial charge is 0.548 e. The van der Waals surface area contributed by atoms with Crippen LogP contribution in [0, 0.1) is 0 Å². The average Bonchev–Trinajstić information content (AvgIpc) is 2.18. The second kappa shape index (κ2) is 15.2. The molecule has 0 unspecified atom stereocenters. The zero-order valence-electron chi connectivity index (χ0n) is 11.0. The molecule has 10 heteroatoms. The summed E-state index contributed by atoms with van der Waals surface area (Å²) in [7, 11) is 0. The molecule has 19 heavy (non-hydrogen) atoms. The van der Waals surface area contributed by atoms with Crippen LogP contribution in [0.4, 0.5) is 0 Å². The van der Waals surface area contributed by atoms with Gasteiger partial charge in [-0.1, -0.05) is 0 Å². The minimum absolute atomic E-state index is 0. The van der Waals surface area contributed by atoms with E-state index in [4.69, 9.17) is 17.2 Å². The summed E-state index contributed by atoms with van der Waals surface area (Å²) in [6.07, 6.45) is 0. The maximum absolute atomic E-state index is 9.46. The van der Waals surface area contributed by atoms with Crippen molar-refractivity contribution in [3.8, 4) is 0 Å². The predicted molar refractivity (Wildman–Crippen MR) is 56.0 cm³/mol. The number of carboxylic acid groups (broad SMARTS) is 3. The van der Waals surface area contributed by atoms with Crippen LogP contribution in [0.1, 0.15) is 20.8 Å². The van der Waals surface area contributed by atoms with Gasteiger partial charge in [0.25, 0.3) is 0 Å². The van der Waals surface area contributed by atoms with Crippen LogP contribution in [-0.4, -0.2) is 36.0 Å². The molecule has 0 aliphatic heterocycles. The van der Waals surface area contributed by atoms with Crippen molar-refractivity contribution in [1.82, 2.24) is 0 Å². The van der Waals surface area contributed by atoms with Crippen LogP contribution in [0.3, 0.4) is 0 Å². The molecule has 0 aromatic rings. The molecule has 0 amide bonds. The van der Waals surface area contributed by atoms with Gasteiger partial charge in [-0.15, -0.1) is 0 Å². The summed E-state index contributed by atoms with van der Waals surface area (Å²) >= 11 is 0. The number of nitrogens with two attached hydrogens (primary N) is 3. The summed E-state index contributed by atoms with van der Waals surface area (Å²) < 4.78 is 0. The van der Waals surface area contributed by atoms with E-state index in [9.17, 15) is 29.7 Å². The SMILES string of the molecule is C[C@H](N)C(=O)[O-].C[C@H](N)C(=O)[O-].C[C@H](N)C(=O)[O-].[Sc+3]. The first-order valence-corrected chi connectivity index (χ1v) is 4.82. The Kier molecular flexibility index (Phi) is 21.4. The van der Waals surface area contributed by atoms with Crippen LogP contribution in [0.25, 0.3) is 0 Å². The third kappa shape index (κ3) is 31.7. The normalized spacial score (nSPS) is 12.9. The van der Waals surface area contributed by atoms with Gasteiger partial charge in [0, 0.05) is 18.1 Å². The maximum atomic E-state index is 9.46. The van der Waals surface area contributed by atoms with E-state index in [0.717, 1.165) is 0 Å². The molecule has 6 N–H and O–H groups in total. The Hall–Kier alpha value is -0.840. The van der Waals surface area contributed by atoms with Gasteiger partial charge in [0.1, 0.15) is 0 Å². The van der Waals surface area contributed by atoms with Crippen molar-refractivity contribution in [2.24, 2.45) is 17.2 Å². The Morgan fingerprint density at radius 1 is 0.684 bits per heavy atom. The van der Waals surface area contributed by atoms with Crippen molar-refractivity contribution in [1.29, 1.82) is 0 Å². The summed E-state index contributed by atoms with van der Waals surface area (Å²) in [4.78, 5) is 28.4. The average molecular weight is 309 g/mol. The Bertz CT molecular complexity index is 228. The molecule has 9 nitrogen and oxygen atoms in total. The second-order valence-electron chi connectivity index (χ2n) is 3.32. The summed E-state index contributed by atoms with van der Waals surface area (Å²) in [6.45, 7) is 4.07. The molecule has 0 spiro atoms. The van der Waals surface area contributed by atoms with Gasteiger partial charge in [-0.25, -0.2) is 0 Å². The van der Waals surface area contributed by atoms with Crippen LogP contribution >= 0.6 is 0 Å². The first-order chi connectivity index (χ1) is 7.93. The van der Waals surface area contributed by atoms with Gasteiger partial charge in [-0.3, -0.25) is 0 Å². The Balaban J connectivity index is -0.0000000865. The molecule has 3 atom stereocenters. The fourth-order valence-corrected chi connectivity index (χ4v) is 0. The first kappa shape index (κ1) is 26.7. The summed E-state index contributed by atoms with van der Waals surface area (Å²) in [5.74, 6) is -3.64. The third-order valence-electron chi connectivity index (χ3n) is 1.12. The number of hydrogen-bond acceptors (Lipinski definition) is 9. The van der Waals surface area contributed by atoms with E-state index in [1.807, 2.05) is 0 Å². The van der Waals surface area contributed by atoms with Crippen LogP contribution in [-0.2, 0) is 40.2 Å². The summed E-state index contributed by atoms with van der Waals surface area (Å²) in [6, 6.07) is -2.53. The van der Waals surface area contributed by atoms with Gasteiger partial charge in [0.05, 0.1) is 17.9 Å². The molecule has 0 radical (unpaired) electrons. The summed E-state index contributed by atoms with van der Waals surface area (Å²) in [5.41, 5.74) is 14.3. The Morgan fingerprint density at radius 2 is 0.737 bits per heavy atom. The van der Waals surface area contributed by atoms with E-state index in [1.165, 1.54) is 20.8 Å². The molecule has 0 bridgehead atoms. The van der Waals surface area contributed by atoms with Crippen molar-refractivity contribution < 1.29 is 55.5 Å². The molecule has 0 aromatic heterocycles. The van der Waals surface area contributed by atoms with Crippen molar-refractivity contribution in [3.05, 3.63) is 0 Å². The van der Waals surface area contributed by atoms with Gasteiger partial charge < -0.3 is 46.9 Å². The first-order valence-electron chi connectivity index (χ1n) is 4.82. The number of carboxylic acids is 3. The van der Waals surface area contributed by atoms with E-state index in [-0.39, 0.29) is 25.8 Å². The zero-order chi connectivity index (χ0) is 15.5. The molecular formula is C9H18N3O6Sc. The van der Waals surface area contributed by atoms with Gasteiger partial charge in [0.2, 0.25) is 0 Å². The van der Waals surface area contributed by atoms with E-state index in [0.29, 0.717) is 0 Å². The third-order valence-corrected chi connectivity index (χ3v) is 1.12. The zero-order valence-corrected chi connectivity index (χ0v) is 12.8. The number of aliphatic carboxylic acids is 3. The Morgan fingerprint density at radius 3 is 0.737 bits per heavy atom. The second-order valence-corrected chi connectivity index (χ2v) is 3.32. The van der Waals surface area contributed by atoms with Crippen molar-refractivity contribution in [2.45, 2.75) is 38.9 Å². The largest absolute Gasteiger partial charge is 3.00 e. The number of carbonyl (C=O) groups excluding carboxylic acids is 3. The molecule has 108 valence electrons. The maximum Gasteiger partial charge on any atom is 3.00 e. The van der Waals surface area contributed by atoms with Crippen molar-refractivity contribution in [3.63, 3.8) is 0 Å². The van der Waals surface area contributed by atoms with Gasteiger partial charge >= 0.3 is 25.8 Å². The van der Waals surface area contributed by atoms with E-state index in [1.54, 1.807) is 0 Å². The van der Waals surface area contributed by atoms with Crippen LogP contribution in [0.2, 0.25) is 0 Å². The van der Waals surface area contributed by atoms with Gasteiger partial charge in [-0.2, -0.15) is 0 Å². The molecule has 0 aliphatic rings. The molecule has 0 saturated carbocycles. The Labute approximate surface area is 129 Å².